The van der Waals surface area contributed by atoms with Crippen LogP contribution in [0.5, 0.6) is 5.75 Å². The molecule has 0 aliphatic carbocycles. The van der Waals surface area contributed by atoms with E-state index in [1.807, 2.05) is 6.92 Å². The summed E-state index contributed by atoms with van der Waals surface area (Å²) >= 11 is 0. The smallest absolute Gasteiger partial charge is 0.165 e. The largest absolute Gasteiger partial charge is 0.494 e. The topological polar surface area (TPSA) is 29.5 Å². The first-order valence-corrected chi connectivity index (χ1v) is 5.53. The first-order chi connectivity index (χ1) is 7.48. The molecular formula is C13H19FO2. The van der Waals surface area contributed by atoms with Crippen LogP contribution in [0.15, 0.2) is 18.2 Å². The van der Waals surface area contributed by atoms with Gasteiger partial charge in [-0.25, -0.2) is 4.39 Å². The molecule has 0 aromatic heterocycles. The summed E-state index contributed by atoms with van der Waals surface area (Å²) in [6.45, 7) is 3.79. The fourth-order valence-corrected chi connectivity index (χ4v) is 1.89. The highest BCUT2D eigenvalue weighted by atomic mass is 19.1. The Hall–Kier alpha value is -1.09. The third-order valence-electron chi connectivity index (χ3n) is 2.59. The summed E-state index contributed by atoms with van der Waals surface area (Å²) in [5.41, 5.74) is 0.0206. The van der Waals surface area contributed by atoms with Crippen molar-refractivity contribution in [2.24, 2.45) is 0 Å². The number of hydrogen-bond donors (Lipinski definition) is 1. The van der Waals surface area contributed by atoms with Crippen molar-refractivity contribution in [1.82, 2.24) is 0 Å². The van der Waals surface area contributed by atoms with Gasteiger partial charge in [-0.2, -0.15) is 0 Å². The molecule has 3 heteroatoms. The van der Waals surface area contributed by atoms with Gasteiger partial charge in [0.15, 0.2) is 11.6 Å². The second-order valence-electron chi connectivity index (χ2n) is 4.39. The molecule has 0 radical (unpaired) electrons. The molecule has 0 aliphatic rings. The van der Waals surface area contributed by atoms with Gasteiger partial charge >= 0.3 is 0 Å². The van der Waals surface area contributed by atoms with Gasteiger partial charge in [-0.3, -0.25) is 0 Å². The fraction of sp³-hybridized carbons (Fsp3) is 0.538. The van der Waals surface area contributed by atoms with Crippen LogP contribution in [0, 0.1) is 5.82 Å². The first kappa shape index (κ1) is 13.0. The van der Waals surface area contributed by atoms with Gasteiger partial charge in [0.25, 0.3) is 0 Å². The molecule has 0 amide bonds. The van der Waals surface area contributed by atoms with E-state index in [4.69, 9.17) is 4.74 Å². The molecule has 90 valence electrons. The lowest BCUT2D eigenvalue weighted by Gasteiger charge is -2.22. The van der Waals surface area contributed by atoms with Gasteiger partial charge < -0.3 is 9.84 Å². The number of hydrogen-bond acceptors (Lipinski definition) is 2. The zero-order chi connectivity index (χ0) is 12.2. The van der Waals surface area contributed by atoms with E-state index < -0.39 is 5.60 Å². The van der Waals surface area contributed by atoms with Crippen molar-refractivity contribution in [2.45, 2.75) is 38.7 Å². The summed E-state index contributed by atoms with van der Waals surface area (Å²) in [4.78, 5) is 0. The molecule has 2 nitrogen and oxygen atoms in total. The molecule has 1 rings (SSSR count). The maximum absolute atomic E-state index is 13.4. The molecule has 16 heavy (non-hydrogen) atoms. The second kappa shape index (κ2) is 5.30. The Morgan fingerprint density at radius 3 is 2.62 bits per heavy atom. The van der Waals surface area contributed by atoms with Crippen molar-refractivity contribution in [3.05, 3.63) is 29.6 Å². The highest BCUT2D eigenvalue weighted by Crippen LogP contribution is 2.23. The SMILES string of the molecule is CCCC(C)(O)Cc1ccc(OC)c(F)c1. The van der Waals surface area contributed by atoms with Crippen LogP contribution in [0.25, 0.3) is 0 Å². The third-order valence-corrected chi connectivity index (χ3v) is 2.59. The van der Waals surface area contributed by atoms with E-state index in [0.717, 1.165) is 12.0 Å². The minimum Gasteiger partial charge on any atom is -0.494 e. The maximum Gasteiger partial charge on any atom is 0.165 e. The van der Waals surface area contributed by atoms with Gasteiger partial charge in [0.05, 0.1) is 12.7 Å². The zero-order valence-corrected chi connectivity index (χ0v) is 10.1. The number of halogens is 1. The Bertz CT molecular complexity index is 348. The number of rotatable bonds is 5. The van der Waals surface area contributed by atoms with Crippen molar-refractivity contribution in [2.75, 3.05) is 7.11 Å². The van der Waals surface area contributed by atoms with Gasteiger partial charge in [-0.1, -0.05) is 19.4 Å². The number of methoxy groups -OCH3 is 1. The maximum atomic E-state index is 13.4. The van der Waals surface area contributed by atoms with Gasteiger partial charge in [0.2, 0.25) is 0 Å². The second-order valence-corrected chi connectivity index (χ2v) is 4.39. The Kier molecular flexibility index (Phi) is 4.30. The lowest BCUT2D eigenvalue weighted by atomic mass is 9.92. The van der Waals surface area contributed by atoms with Gasteiger partial charge in [-0.15, -0.1) is 0 Å². The van der Waals surface area contributed by atoms with Crippen molar-refractivity contribution >= 4 is 0 Å². The van der Waals surface area contributed by atoms with Gasteiger partial charge in [-0.05, 0) is 31.0 Å². The van der Waals surface area contributed by atoms with E-state index in [-0.39, 0.29) is 11.6 Å². The molecule has 1 atom stereocenters. The predicted molar refractivity (Wildman–Crippen MR) is 62.2 cm³/mol. The summed E-state index contributed by atoms with van der Waals surface area (Å²) < 4.78 is 18.2. The molecule has 0 saturated heterocycles. The average Bonchev–Trinajstić information content (AvgIpc) is 2.17. The van der Waals surface area contributed by atoms with Crippen molar-refractivity contribution in [3.63, 3.8) is 0 Å². The fourth-order valence-electron chi connectivity index (χ4n) is 1.89. The van der Waals surface area contributed by atoms with E-state index in [2.05, 4.69) is 0 Å². The van der Waals surface area contributed by atoms with Crippen LogP contribution in [0.2, 0.25) is 0 Å². The highest BCUT2D eigenvalue weighted by molar-refractivity contribution is 5.30. The van der Waals surface area contributed by atoms with E-state index in [1.165, 1.54) is 13.2 Å². The van der Waals surface area contributed by atoms with E-state index >= 15 is 0 Å². The Morgan fingerprint density at radius 1 is 1.44 bits per heavy atom. The van der Waals surface area contributed by atoms with Crippen molar-refractivity contribution in [3.8, 4) is 5.75 Å². The molecule has 0 bridgehead atoms. The quantitative estimate of drug-likeness (QED) is 0.836. The Morgan fingerprint density at radius 2 is 2.12 bits per heavy atom. The number of benzene rings is 1. The Labute approximate surface area is 96.1 Å². The summed E-state index contributed by atoms with van der Waals surface area (Å²) in [7, 11) is 1.44. The first-order valence-electron chi connectivity index (χ1n) is 5.53. The molecule has 0 aliphatic heterocycles. The minimum atomic E-state index is -0.768. The normalized spacial score (nSPS) is 14.6. The van der Waals surface area contributed by atoms with E-state index in [1.54, 1.807) is 19.1 Å². The molecule has 0 saturated carbocycles. The number of aliphatic hydroxyl groups is 1. The lowest BCUT2D eigenvalue weighted by Crippen LogP contribution is -2.26. The highest BCUT2D eigenvalue weighted by Gasteiger charge is 2.20. The van der Waals surface area contributed by atoms with Crippen LogP contribution >= 0.6 is 0 Å². The van der Waals surface area contributed by atoms with Crippen molar-refractivity contribution < 1.29 is 14.2 Å². The monoisotopic (exact) mass is 226 g/mol. The average molecular weight is 226 g/mol. The standard InChI is InChI=1S/C13H19FO2/c1-4-7-13(2,15)9-10-5-6-12(16-3)11(14)8-10/h5-6,8,15H,4,7,9H2,1-3H3. The summed E-state index contributed by atoms with van der Waals surface area (Å²) in [5.74, 6) is -0.147. The zero-order valence-electron chi connectivity index (χ0n) is 10.1. The molecule has 0 fully saturated rings. The Balaban J connectivity index is 2.78. The molecule has 1 aromatic carbocycles. The predicted octanol–water partition coefficient (Wildman–Crippen LogP) is 2.93. The molecular weight excluding hydrogens is 207 g/mol. The van der Waals surface area contributed by atoms with Gasteiger partial charge in [0.1, 0.15) is 0 Å². The van der Waals surface area contributed by atoms with E-state index in [9.17, 15) is 9.50 Å². The number of ether oxygens (including phenoxy) is 1. The lowest BCUT2D eigenvalue weighted by molar-refractivity contribution is 0.0505. The summed E-state index contributed by atoms with van der Waals surface area (Å²) in [5, 5.41) is 10.0. The van der Waals surface area contributed by atoms with Crippen LogP contribution in [0.1, 0.15) is 32.3 Å². The molecule has 1 aromatic rings. The van der Waals surface area contributed by atoms with Crippen LogP contribution < -0.4 is 4.74 Å². The van der Waals surface area contributed by atoms with Crippen LogP contribution in [0.4, 0.5) is 4.39 Å². The minimum absolute atomic E-state index is 0.235. The third kappa shape index (κ3) is 3.49. The summed E-state index contributed by atoms with van der Waals surface area (Å²) in [6.07, 6.45) is 2.08. The molecule has 1 unspecified atom stereocenters. The van der Waals surface area contributed by atoms with E-state index in [0.29, 0.717) is 12.8 Å². The van der Waals surface area contributed by atoms with Crippen LogP contribution in [0.3, 0.4) is 0 Å². The van der Waals surface area contributed by atoms with Crippen molar-refractivity contribution in [1.29, 1.82) is 0 Å². The molecule has 0 heterocycles. The molecule has 1 N–H and O–H groups in total. The van der Waals surface area contributed by atoms with Gasteiger partial charge in [0, 0.05) is 6.42 Å². The van der Waals surface area contributed by atoms with Crippen LogP contribution in [-0.4, -0.2) is 17.8 Å². The molecule has 0 spiro atoms. The summed E-state index contributed by atoms with van der Waals surface area (Å²) in [6, 6.07) is 4.79. The van der Waals surface area contributed by atoms with Crippen LogP contribution in [-0.2, 0) is 6.42 Å².